The van der Waals surface area contributed by atoms with Gasteiger partial charge in [-0.15, -0.1) is 0 Å². The fraction of sp³-hybridized carbons (Fsp3) is 0.400. The van der Waals surface area contributed by atoms with Crippen molar-refractivity contribution in [2.45, 2.75) is 20.3 Å². The summed E-state index contributed by atoms with van der Waals surface area (Å²) in [6.45, 7) is 4.22. The molecule has 0 aliphatic rings. The van der Waals surface area contributed by atoms with Crippen LogP contribution in [0.2, 0.25) is 0 Å². The molecular weight excluding hydrogens is 199 g/mol. The number of hydrogen-bond donors (Lipinski definition) is 2. The van der Waals surface area contributed by atoms with Crippen molar-refractivity contribution in [3.63, 3.8) is 0 Å². The average Bonchev–Trinajstić information content (AvgIpc) is 2.02. The van der Waals surface area contributed by atoms with Crippen LogP contribution in [0.15, 0.2) is 24.3 Å². The number of hydrogen-bond acceptors (Lipinski definition) is 1. The maximum atomic E-state index is 10.9. The van der Waals surface area contributed by atoms with Gasteiger partial charge in [0.1, 0.15) is 0 Å². The fourth-order valence-electron chi connectivity index (χ4n) is 1.30. The molecule has 2 N–H and O–H groups in total. The van der Waals surface area contributed by atoms with E-state index in [2.05, 4.69) is 13.8 Å². The van der Waals surface area contributed by atoms with Crippen molar-refractivity contribution in [3.05, 3.63) is 29.8 Å². The van der Waals surface area contributed by atoms with Gasteiger partial charge >= 0.3 is 7.60 Å². The van der Waals surface area contributed by atoms with Crippen molar-refractivity contribution in [2.75, 3.05) is 0 Å². The van der Waals surface area contributed by atoms with Gasteiger partial charge in [0.2, 0.25) is 0 Å². The van der Waals surface area contributed by atoms with Crippen molar-refractivity contribution in [2.24, 2.45) is 5.92 Å². The van der Waals surface area contributed by atoms with Crippen LogP contribution < -0.4 is 5.30 Å². The van der Waals surface area contributed by atoms with Gasteiger partial charge in [-0.25, -0.2) is 0 Å². The lowest BCUT2D eigenvalue weighted by Crippen LogP contribution is -2.04. The second-order valence-corrected chi connectivity index (χ2v) is 5.41. The van der Waals surface area contributed by atoms with E-state index in [1.54, 1.807) is 12.1 Å². The van der Waals surface area contributed by atoms with Gasteiger partial charge < -0.3 is 9.79 Å². The monoisotopic (exact) mass is 214 g/mol. The Bertz CT molecular complexity index is 337. The summed E-state index contributed by atoms with van der Waals surface area (Å²) < 4.78 is 10.9. The second-order valence-electron chi connectivity index (χ2n) is 3.81. The third-order valence-corrected chi connectivity index (χ3v) is 2.89. The van der Waals surface area contributed by atoms with Crippen LogP contribution >= 0.6 is 7.60 Å². The zero-order valence-electron chi connectivity index (χ0n) is 8.34. The lowest BCUT2D eigenvalue weighted by atomic mass is 10.0. The third-order valence-electron chi connectivity index (χ3n) is 1.92. The van der Waals surface area contributed by atoms with Gasteiger partial charge in [0.15, 0.2) is 0 Å². The molecule has 1 aromatic rings. The molecule has 0 aromatic heterocycles. The second kappa shape index (κ2) is 4.26. The molecule has 1 aromatic carbocycles. The molecule has 0 fully saturated rings. The van der Waals surface area contributed by atoms with Gasteiger partial charge in [-0.05, 0) is 30.0 Å². The van der Waals surface area contributed by atoms with Gasteiger partial charge in [-0.2, -0.15) is 0 Å². The van der Waals surface area contributed by atoms with E-state index in [9.17, 15) is 4.57 Å². The Morgan fingerprint density at radius 3 is 2.07 bits per heavy atom. The molecule has 0 saturated carbocycles. The normalized spacial score (nSPS) is 12.1. The zero-order valence-corrected chi connectivity index (χ0v) is 9.24. The van der Waals surface area contributed by atoms with E-state index in [1.165, 1.54) is 12.1 Å². The van der Waals surface area contributed by atoms with Crippen molar-refractivity contribution >= 4 is 12.9 Å². The highest BCUT2D eigenvalue weighted by Crippen LogP contribution is 2.32. The summed E-state index contributed by atoms with van der Waals surface area (Å²) in [6.07, 6.45) is 0.932. The summed E-state index contributed by atoms with van der Waals surface area (Å²) in [5, 5.41) is 0.0880. The minimum atomic E-state index is -4.07. The first kappa shape index (κ1) is 11.4. The predicted molar refractivity (Wildman–Crippen MR) is 56.7 cm³/mol. The van der Waals surface area contributed by atoms with E-state index in [0.29, 0.717) is 5.92 Å². The molecule has 0 bridgehead atoms. The first-order chi connectivity index (χ1) is 6.39. The highest BCUT2D eigenvalue weighted by molar-refractivity contribution is 7.60. The molecule has 0 saturated heterocycles. The average molecular weight is 214 g/mol. The lowest BCUT2D eigenvalue weighted by Gasteiger charge is -2.07. The van der Waals surface area contributed by atoms with E-state index in [0.717, 1.165) is 12.0 Å². The van der Waals surface area contributed by atoms with Gasteiger partial charge in [0.25, 0.3) is 0 Å². The van der Waals surface area contributed by atoms with E-state index >= 15 is 0 Å². The predicted octanol–water partition coefficient (Wildman–Crippen LogP) is 1.69. The molecule has 0 aliphatic carbocycles. The van der Waals surface area contributed by atoms with Crippen LogP contribution in [0.25, 0.3) is 0 Å². The summed E-state index contributed by atoms with van der Waals surface area (Å²) in [5.41, 5.74) is 1.11. The molecule has 0 radical (unpaired) electrons. The fourth-order valence-corrected chi connectivity index (χ4v) is 1.84. The van der Waals surface area contributed by atoms with Crippen LogP contribution in [0.1, 0.15) is 19.4 Å². The van der Waals surface area contributed by atoms with E-state index in [-0.39, 0.29) is 5.30 Å². The highest BCUT2D eigenvalue weighted by Gasteiger charge is 2.15. The summed E-state index contributed by atoms with van der Waals surface area (Å²) in [5.74, 6) is 0.552. The van der Waals surface area contributed by atoms with Gasteiger partial charge in [0, 0.05) is 0 Å². The van der Waals surface area contributed by atoms with Crippen molar-refractivity contribution in [1.82, 2.24) is 0 Å². The standard InChI is InChI=1S/C10H15O3P/c1-8(2)7-9-3-5-10(6-4-9)14(11,12)13/h3-6,8H,7H2,1-2H3,(H2,11,12,13). The molecule has 0 amide bonds. The number of benzene rings is 1. The summed E-state index contributed by atoms with van der Waals surface area (Å²) in [6, 6.07) is 6.54. The molecule has 3 nitrogen and oxygen atoms in total. The molecule has 0 heterocycles. The largest absolute Gasteiger partial charge is 0.356 e. The smallest absolute Gasteiger partial charge is 0.321 e. The molecule has 78 valence electrons. The molecule has 0 aliphatic heterocycles. The zero-order chi connectivity index (χ0) is 10.8. The quantitative estimate of drug-likeness (QED) is 0.753. The minimum absolute atomic E-state index is 0.0880. The molecule has 0 unspecified atom stereocenters. The molecular formula is C10H15O3P. The third kappa shape index (κ3) is 3.26. The SMILES string of the molecule is CC(C)Cc1ccc(P(=O)(O)O)cc1. The first-order valence-electron chi connectivity index (χ1n) is 4.54. The van der Waals surface area contributed by atoms with Gasteiger partial charge in [0.05, 0.1) is 5.30 Å². The molecule has 1 rings (SSSR count). The van der Waals surface area contributed by atoms with Crippen molar-refractivity contribution in [3.8, 4) is 0 Å². The Morgan fingerprint density at radius 2 is 1.71 bits per heavy atom. The van der Waals surface area contributed by atoms with Crippen molar-refractivity contribution < 1.29 is 14.4 Å². The van der Waals surface area contributed by atoms with Crippen LogP contribution in [0.5, 0.6) is 0 Å². The maximum absolute atomic E-state index is 10.9. The van der Waals surface area contributed by atoms with Crippen LogP contribution in [-0.2, 0) is 11.0 Å². The van der Waals surface area contributed by atoms with Gasteiger partial charge in [-0.1, -0.05) is 26.0 Å². The molecule has 14 heavy (non-hydrogen) atoms. The minimum Gasteiger partial charge on any atom is -0.321 e. The Morgan fingerprint density at radius 1 is 1.21 bits per heavy atom. The maximum Gasteiger partial charge on any atom is 0.356 e. The van der Waals surface area contributed by atoms with Crippen LogP contribution in [-0.4, -0.2) is 9.79 Å². The molecule has 0 spiro atoms. The molecule has 4 heteroatoms. The Hall–Kier alpha value is -0.630. The summed E-state index contributed by atoms with van der Waals surface area (Å²) >= 11 is 0. The molecule has 0 atom stereocenters. The van der Waals surface area contributed by atoms with Gasteiger partial charge in [-0.3, -0.25) is 4.57 Å². The summed E-state index contributed by atoms with van der Waals surface area (Å²) in [4.78, 5) is 17.7. The Labute approximate surface area is 83.9 Å². The van der Waals surface area contributed by atoms with E-state index in [1.807, 2.05) is 0 Å². The Kier molecular flexibility index (Phi) is 3.48. The van der Waals surface area contributed by atoms with E-state index < -0.39 is 7.60 Å². The topological polar surface area (TPSA) is 57.5 Å². The van der Waals surface area contributed by atoms with Crippen LogP contribution in [0.3, 0.4) is 0 Å². The van der Waals surface area contributed by atoms with Crippen LogP contribution in [0, 0.1) is 5.92 Å². The van der Waals surface area contributed by atoms with E-state index in [4.69, 9.17) is 9.79 Å². The Balaban J connectivity index is 2.84. The first-order valence-corrected chi connectivity index (χ1v) is 6.16. The number of rotatable bonds is 3. The van der Waals surface area contributed by atoms with Crippen LogP contribution in [0.4, 0.5) is 0 Å². The van der Waals surface area contributed by atoms with Crippen molar-refractivity contribution in [1.29, 1.82) is 0 Å². The lowest BCUT2D eigenvalue weighted by molar-refractivity contribution is 0.387. The summed E-state index contributed by atoms with van der Waals surface area (Å²) in [7, 11) is -4.07. The highest BCUT2D eigenvalue weighted by atomic mass is 31.2.